The van der Waals surface area contributed by atoms with Gasteiger partial charge in [-0.3, -0.25) is 4.79 Å². The maximum atomic E-state index is 12.6. The summed E-state index contributed by atoms with van der Waals surface area (Å²) in [5.74, 6) is -2.89. The molecule has 1 aromatic rings. The molecule has 0 fully saturated rings. The van der Waals surface area contributed by atoms with Crippen molar-refractivity contribution in [2.45, 2.75) is 25.6 Å². The lowest BCUT2D eigenvalue weighted by Crippen LogP contribution is -2.59. The highest BCUT2D eigenvalue weighted by molar-refractivity contribution is 6.04. The molecule has 4 N–H and O–H groups in total. The third-order valence-electron chi connectivity index (χ3n) is 2.80. The number of carboxylic acids is 1. The minimum Gasteiger partial charge on any atom is -0.478 e. The quantitative estimate of drug-likeness (QED) is 0.793. The summed E-state index contributed by atoms with van der Waals surface area (Å²) >= 11 is 0. The van der Waals surface area contributed by atoms with Crippen molar-refractivity contribution < 1.29 is 27.9 Å². The normalized spacial score (nSPS) is 14.5. The Balaban J connectivity index is 3.16. The third kappa shape index (κ3) is 2.90. The number of aryl methyl sites for hydroxylation is 1. The van der Waals surface area contributed by atoms with Gasteiger partial charge >= 0.3 is 12.1 Å². The van der Waals surface area contributed by atoms with E-state index >= 15 is 0 Å². The van der Waals surface area contributed by atoms with Crippen LogP contribution in [-0.4, -0.2) is 28.7 Å². The van der Waals surface area contributed by atoms with E-state index in [9.17, 15) is 22.8 Å². The second-order valence-corrected chi connectivity index (χ2v) is 4.46. The van der Waals surface area contributed by atoms with Crippen LogP contribution >= 0.6 is 0 Å². The van der Waals surface area contributed by atoms with Crippen molar-refractivity contribution in [1.82, 2.24) is 0 Å². The fourth-order valence-electron chi connectivity index (χ4n) is 1.44. The highest BCUT2D eigenvalue weighted by atomic mass is 19.4. The van der Waals surface area contributed by atoms with Gasteiger partial charge in [-0.15, -0.1) is 0 Å². The fraction of sp³-hybridized carbons (Fsp3) is 0.333. The first-order valence-corrected chi connectivity index (χ1v) is 5.48. The first-order chi connectivity index (χ1) is 8.98. The Bertz CT molecular complexity index is 553. The number of nitrogens with one attached hydrogen (secondary N) is 1. The van der Waals surface area contributed by atoms with E-state index in [2.05, 4.69) is 0 Å². The molecule has 0 saturated carbocycles. The predicted octanol–water partition coefficient (Wildman–Crippen LogP) is 1.91. The van der Waals surface area contributed by atoms with Gasteiger partial charge < -0.3 is 16.2 Å². The highest BCUT2D eigenvalue weighted by Crippen LogP contribution is 2.30. The van der Waals surface area contributed by atoms with Crippen molar-refractivity contribution in [3.05, 3.63) is 29.3 Å². The van der Waals surface area contributed by atoms with E-state index in [-0.39, 0.29) is 11.3 Å². The van der Waals surface area contributed by atoms with Crippen molar-refractivity contribution in [2.75, 3.05) is 5.32 Å². The Morgan fingerprint density at radius 1 is 1.30 bits per heavy atom. The van der Waals surface area contributed by atoms with E-state index < -0.39 is 23.6 Å². The first-order valence-electron chi connectivity index (χ1n) is 5.48. The van der Waals surface area contributed by atoms with Gasteiger partial charge in [-0.05, 0) is 25.5 Å². The summed E-state index contributed by atoms with van der Waals surface area (Å²) < 4.78 is 37.9. The summed E-state index contributed by atoms with van der Waals surface area (Å²) in [6.07, 6.45) is -4.95. The minimum atomic E-state index is -4.95. The Labute approximate surface area is 112 Å². The van der Waals surface area contributed by atoms with Gasteiger partial charge in [0.25, 0.3) is 5.91 Å². The molecule has 8 heteroatoms. The van der Waals surface area contributed by atoms with Gasteiger partial charge in [0.1, 0.15) is 0 Å². The van der Waals surface area contributed by atoms with Crippen LogP contribution in [0, 0.1) is 6.92 Å². The number of amides is 1. The summed E-state index contributed by atoms with van der Waals surface area (Å²) in [6.45, 7) is 1.98. The lowest BCUT2D eigenvalue weighted by atomic mass is 10.0. The number of nitrogens with two attached hydrogens (primary N) is 1. The number of aromatic carboxylic acids is 1. The number of rotatable bonds is 3. The van der Waals surface area contributed by atoms with Gasteiger partial charge in [-0.1, -0.05) is 12.1 Å². The molecule has 0 spiro atoms. The van der Waals surface area contributed by atoms with Gasteiger partial charge in [0, 0.05) is 0 Å². The maximum Gasteiger partial charge on any atom is 0.415 e. The number of alkyl halides is 3. The molecule has 20 heavy (non-hydrogen) atoms. The highest BCUT2D eigenvalue weighted by Gasteiger charge is 2.54. The second kappa shape index (κ2) is 5.12. The van der Waals surface area contributed by atoms with E-state index in [4.69, 9.17) is 10.8 Å². The topological polar surface area (TPSA) is 92.4 Å². The van der Waals surface area contributed by atoms with Gasteiger partial charge in [0.15, 0.2) is 5.54 Å². The SMILES string of the molecule is Cc1cccc(NC(=O)C(C)(N)C(F)(F)F)c1C(=O)O. The molecule has 0 bridgehead atoms. The molecule has 0 heterocycles. The number of carbonyl (C=O) groups is 2. The Kier molecular flexibility index (Phi) is 4.09. The van der Waals surface area contributed by atoms with E-state index in [1.165, 1.54) is 25.1 Å². The molecule has 0 aliphatic rings. The standard InChI is InChI=1S/C12H13F3N2O3/c1-6-4-3-5-7(8(6)9(18)19)17-10(20)11(2,16)12(13,14)15/h3-5H,16H2,1-2H3,(H,17,20)(H,18,19). The van der Waals surface area contributed by atoms with Crippen molar-refractivity contribution in [1.29, 1.82) is 0 Å². The molecule has 1 amide bonds. The average molecular weight is 290 g/mol. The molecule has 0 saturated heterocycles. The van der Waals surface area contributed by atoms with Gasteiger partial charge in [0.2, 0.25) is 0 Å². The van der Waals surface area contributed by atoms with E-state index in [0.717, 1.165) is 0 Å². The second-order valence-electron chi connectivity index (χ2n) is 4.46. The van der Waals surface area contributed by atoms with Crippen LogP contribution in [0.5, 0.6) is 0 Å². The maximum absolute atomic E-state index is 12.6. The zero-order valence-corrected chi connectivity index (χ0v) is 10.7. The Morgan fingerprint density at radius 3 is 2.30 bits per heavy atom. The Hall–Kier alpha value is -2.09. The number of carboxylic acid groups (broad SMARTS) is 1. The van der Waals surface area contributed by atoms with E-state index in [1.807, 2.05) is 5.32 Å². The molecular weight excluding hydrogens is 277 g/mol. The largest absolute Gasteiger partial charge is 0.478 e. The lowest BCUT2D eigenvalue weighted by Gasteiger charge is -2.26. The van der Waals surface area contributed by atoms with E-state index in [0.29, 0.717) is 12.5 Å². The first kappa shape index (κ1) is 16.0. The molecular formula is C12H13F3N2O3. The van der Waals surface area contributed by atoms with E-state index in [1.54, 1.807) is 0 Å². The molecule has 5 nitrogen and oxygen atoms in total. The van der Waals surface area contributed by atoms with Crippen molar-refractivity contribution in [3.8, 4) is 0 Å². The number of benzene rings is 1. The third-order valence-corrected chi connectivity index (χ3v) is 2.80. The molecule has 1 rings (SSSR count). The van der Waals surface area contributed by atoms with Gasteiger partial charge in [-0.25, -0.2) is 4.79 Å². The summed E-state index contributed by atoms with van der Waals surface area (Å²) in [5, 5.41) is 10.9. The zero-order chi connectivity index (χ0) is 15.7. The molecule has 0 aliphatic heterocycles. The van der Waals surface area contributed by atoms with Gasteiger partial charge in [0.05, 0.1) is 11.3 Å². The van der Waals surface area contributed by atoms with Gasteiger partial charge in [-0.2, -0.15) is 13.2 Å². The minimum absolute atomic E-state index is 0.233. The molecule has 0 aromatic heterocycles. The molecule has 0 radical (unpaired) electrons. The summed E-state index contributed by atoms with van der Waals surface area (Å²) in [6, 6.07) is 4.07. The van der Waals surface area contributed by atoms with Crippen LogP contribution in [0.15, 0.2) is 18.2 Å². The zero-order valence-electron chi connectivity index (χ0n) is 10.7. The van der Waals surface area contributed by atoms with Crippen LogP contribution in [0.25, 0.3) is 0 Å². The van der Waals surface area contributed by atoms with Crippen LogP contribution in [0.1, 0.15) is 22.8 Å². The summed E-state index contributed by atoms with van der Waals surface area (Å²) in [4.78, 5) is 22.7. The number of carbonyl (C=O) groups excluding carboxylic acids is 1. The number of halogens is 3. The monoisotopic (exact) mass is 290 g/mol. The summed E-state index contributed by atoms with van der Waals surface area (Å²) in [5.41, 5.74) is 1.64. The smallest absolute Gasteiger partial charge is 0.415 e. The summed E-state index contributed by atoms with van der Waals surface area (Å²) in [7, 11) is 0. The van der Waals surface area contributed by atoms with Crippen LogP contribution in [0.4, 0.5) is 18.9 Å². The van der Waals surface area contributed by atoms with Crippen molar-refractivity contribution in [3.63, 3.8) is 0 Å². The van der Waals surface area contributed by atoms with Crippen LogP contribution < -0.4 is 11.1 Å². The van der Waals surface area contributed by atoms with Crippen LogP contribution in [-0.2, 0) is 4.79 Å². The molecule has 1 aromatic carbocycles. The average Bonchev–Trinajstić information content (AvgIpc) is 2.26. The van der Waals surface area contributed by atoms with Crippen molar-refractivity contribution in [2.24, 2.45) is 5.73 Å². The molecule has 110 valence electrons. The number of anilines is 1. The fourth-order valence-corrected chi connectivity index (χ4v) is 1.44. The predicted molar refractivity (Wildman–Crippen MR) is 65.4 cm³/mol. The lowest BCUT2D eigenvalue weighted by molar-refractivity contribution is -0.184. The molecule has 1 atom stereocenters. The number of hydrogen-bond donors (Lipinski definition) is 3. The number of hydrogen-bond acceptors (Lipinski definition) is 3. The molecule has 1 unspecified atom stereocenters. The van der Waals surface area contributed by atoms with Crippen LogP contribution in [0.3, 0.4) is 0 Å². The van der Waals surface area contributed by atoms with Crippen molar-refractivity contribution >= 4 is 17.6 Å². The Morgan fingerprint density at radius 2 is 1.85 bits per heavy atom. The van der Waals surface area contributed by atoms with Crippen LogP contribution in [0.2, 0.25) is 0 Å². The molecule has 0 aliphatic carbocycles.